The van der Waals surface area contributed by atoms with Crippen LogP contribution >= 0.6 is 27.7 Å². The first-order valence-corrected chi connectivity index (χ1v) is 9.31. The molecule has 8 heteroatoms. The topological polar surface area (TPSA) is 85.1 Å². The molecular weight excluding hydrogens is 350 g/mol. The van der Waals surface area contributed by atoms with Gasteiger partial charge < -0.3 is 5.73 Å². The van der Waals surface area contributed by atoms with Crippen LogP contribution < -0.4 is 10.5 Å². The van der Waals surface area contributed by atoms with Gasteiger partial charge in [0.25, 0.3) is 0 Å². The minimum atomic E-state index is -3.63. The van der Waals surface area contributed by atoms with Crippen molar-refractivity contribution in [3.05, 3.63) is 16.7 Å². The molecule has 0 saturated carbocycles. The Balaban J connectivity index is 2.78. The molecule has 0 aliphatic rings. The van der Waals surface area contributed by atoms with Crippen molar-refractivity contribution in [2.24, 2.45) is 0 Å². The molecule has 3 N–H and O–H groups in total. The molecule has 0 aliphatic carbocycles. The number of nitrogens with two attached hydrogens (primary N) is 1. The Kier molecular flexibility index (Phi) is 6.58. The highest BCUT2D eigenvalue weighted by Crippen LogP contribution is 2.20. The zero-order valence-electron chi connectivity index (χ0n) is 10.9. The minimum Gasteiger partial charge on any atom is -0.383 e. The van der Waals surface area contributed by atoms with E-state index in [0.29, 0.717) is 4.47 Å². The Hall–Kier alpha value is -0.310. The molecule has 0 amide bonds. The third kappa shape index (κ3) is 5.29. The van der Waals surface area contributed by atoms with Crippen molar-refractivity contribution in [3.63, 3.8) is 0 Å². The van der Waals surface area contributed by atoms with Crippen LogP contribution in [0.2, 0.25) is 0 Å². The largest absolute Gasteiger partial charge is 0.383 e. The van der Waals surface area contributed by atoms with Gasteiger partial charge in [-0.1, -0.05) is 6.92 Å². The molecule has 0 saturated heterocycles. The van der Waals surface area contributed by atoms with E-state index in [1.165, 1.54) is 12.3 Å². The lowest BCUT2D eigenvalue weighted by molar-refractivity contribution is 0.557. The van der Waals surface area contributed by atoms with Crippen molar-refractivity contribution >= 4 is 43.5 Å². The van der Waals surface area contributed by atoms with Gasteiger partial charge in [-0.3, -0.25) is 0 Å². The van der Waals surface area contributed by atoms with Crippen LogP contribution in [0.3, 0.4) is 0 Å². The van der Waals surface area contributed by atoms with Crippen LogP contribution in [0.1, 0.15) is 20.3 Å². The Labute approximate surface area is 126 Å². The molecule has 1 aromatic heterocycles. The monoisotopic (exact) mass is 367 g/mol. The predicted molar refractivity (Wildman–Crippen MR) is 83.7 cm³/mol. The number of thioether (sulfide) groups is 1. The number of hydrogen-bond acceptors (Lipinski definition) is 5. The van der Waals surface area contributed by atoms with Gasteiger partial charge in [-0.15, -0.1) is 0 Å². The Morgan fingerprint density at radius 3 is 2.89 bits per heavy atom. The highest BCUT2D eigenvalue weighted by Gasteiger charge is 2.21. The summed E-state index contributed by atoms with van der Waals surface area (Å²) < 4.78 is 27.6. The molecule has 1 heterocycles. The smallest absolute Gasteiger partial charge is 0.244 e. The van der Waals surface area contributed by atoms with Crippen LogP contribution in [0.15, 0.2) is 21.6 Å². The second-order valence-electron chi connectivity index (χ2n) is 4.04. The molecule has 19 heavy (non-hydrogen) atoms. The number of rotatable bonds is 7. The van der Waals surface area contributed by atoms with Gasteiger partial charge in [-0.25, -0.2) is 18.1 Å². The summed E-state index contributed by atoms with van der Waals surface area (Å²) in [5.74, 6) is 1.96. The second kappa shape index (κ2) is 7.47. The lowest BCUT2D eigenvalue weighted by Crippen LogP contribution is -2.33. The number of sulfonamides is 1. The molecule has 1 unspecified atom stereocenters. The Morgan fingerprint density at radius 1 is 1.58 bits per heavy atom. The number of nitrogens with one attached hydrogen (secondary N) is 1. The summed E-state index contributed by atoms with van der Waals surface area (Å²) in [4.78, 5) is 3.85. The van der Waals surface area contributed by atoms with Crippen LogP contribution in [-0.2, 0) is 10.0 Å². The van der Waals surface area contributed by atoms with E-state index in [2.05, 4.69) is 32.6 Å². The van der Waals surface area contributed by atoms with Crippen molar-refractivity contribution in [2.75, 3.05) is 17.2 Å². The lowest BCUT2D eigenvalue weighted by atomic mass is 10.3. The van der Waals surface area contributed by atoms with E-state index < -0.39 is 10.0 Å². The molecule has 0 fully saturated rings. The van der Waals surface area contributed by atoms with Gasteiger partial charge in [-0.2, -0.15) is 11.8 Å². The number of anilines is 1. The number of pyridine rings is 1. The van der Waals surface area contributed by atoms with Crippen molar-refractivity contribution < 1.29 is 8.42 Å². The van der Waals surface area contributed by atoms with E-state index in [9.17, 15) is 8.42 Å². The zero-order chi connectivity index (χ0) is 14.5. The average molecular weight is 368 g/mol. The minimum absolute atomic E-state index is 0.00540. The second-order valence-corrected chi connectivity index (χ2v) is 8.04. The van der Waals surface area contributed by atoms with Gasteiger partial charge in [0.2, 0.25) is 10.0 Å². The summed E-state index contributed by atoms with van der Waals surface area (Å²) in [5, 5.41) is 0. The van der Waals surface area contributed by atoms with E-state index in [-0.39, 0.29) is 16.8 Å². The number of hydrogen-bond donors (Lipinski definition) is 2. The molecule has 1 atom stereocenters. The van der Waals surface area contributed by atoms with Gasteiger partial charge in [0, 0.05) is 16.7 Å². The van der Waals surface area contributed by atoms with Gasteiger partial charge in [0.05, 0.1) is 0 Å². The van der Waals surface area contributed by atoms with E-state index in [1.807, 2.05) is 6.92 Å². The maximum absolute atomic E-state index is 12.2. The van der Waals surface area contributed by atoms with Crippen LogP contribution in [0.4, 0.5) is 5.82 Å². The average Bonchev–Trinajstić information content (AvgIpc) is 2.32. The zero-order valence-corrected chi connectivity index (χ0v) is 14.1. The quantitative estimate of drug-likeness (QED) is 0.721. The van der Waals surface area contributed by atoms with Crippen LogP contribution in [0, 0.1) is 0 Å². The fourth-order valence-corrected chi connectivity index (χ4v) is 4.11. The van der Waals surface area contributed by atoms with E-state index in [0.717, 1.165) is 17.9 Å². The molecule has 108 valence electrons. The third-order valence-electron chi connectivity index (χ3n) is 2.39. The molecule has 0 aliphatic heterocycles. The van der Waals surface area contributed by atoms with E-state index >= 15 is 0 Å². The van der Waals surface area contributed by atoms with E-state index in [4.69, 9.17) is 5.73 Å². The van der Waals surface area contributed by atoms with Gasteiger partial charge in [0.15, 0.2) is 0 Å². The standard InChI is InChI=1S/C11H18BrN3O2S2/c1-3-18-5-4-8(2)15-19(16,17)10-6-9(12)7-14-11(10)13/h6-8,15H,3-5H2,1-2H3,(H2,13,14). The Bertz CT molecular complexity index is 523. The first-order valence-electron chi connectivity index (χ1n) is 5.88. The number of aromatic nitrogens is 1. The maximum Gasteiger partial charge on any atom is 0.244 e. The van der Waals surface area contributed by atoms with Gasteiger partial charge >= 0.3 is 0 Å². The van der Waals surface area contributed by atoms with Crippen LogP contribution in [-0.4, -0.2) is 30.9 Å². The van der Waals surface area contributed by atoms with Crippen molar-refractivity contribution in [1.29, 1.82) is 0 Å². The third-order valence-corrected chi connectivity index (χ3v) is 5.38. The molecule has 0 radical (unpaired) electrons. The SMILES string of the molecule is CCSCCC(C)NS(=O)(=O)c1cc(Br)cnc1N. The molecule has 5 nitrogen and oxygen atoms in total. The molecule has 0 spiro atoms. The Morgan fingerprint density at radius 2 is 2.26 bits per heavy atom. The van der Waals surface area contributed by atoms with Gasteiger partial charge in [0.1, 0.15) is 10.7 Å². The fourth-order valence-electron chi connectivity index (χ4n) is 1.44. The van der Waals surface area contributed by atoms with Crippen LogP contribution in [0.25, 0.3) is 0 Å². The van der Waals surface area contributed by atoms with Crippen molar-refractivity contribution in [3.8, 4) is 0 Å². The number of nitrogens with zero attached hydrogens (tertiary/aromatic N) is 1. The van der Waals surface area contributed by atoms with E-state index in [1.54, 1.807) is 11.8 Å². The van der Waals surface area contributed by atoms with Crippen LogP contribution in [0.5, 0.6) is 0 Å². The molecule has 0 aromatic carbocycles. The fraction of sp³-hybridized carbons (Fsp3) is 0.545. The van der Waals surface area contributed by atoms with Gasteiger partial charge in [-0.05, 0) is 46.8 Å². The lowest BCUT2D eigenvalue weighted by Gasteiger charge is -2.14. The first kappa shape index (κ1) is 16.7. The van der Waals surface area contributed by atoms with Crippen molar-refractivity contribution in [1.82, 2.24) is 9.71 Å². The molecule has 1 aromatic rings. The number of halogens is 1. The predicted octanol–water partition coefficient (Wildman–Crippen LogP) is 2.24. The summed E-state index contributed by atoms with van der Waals surface area (Å²) in [6, 6.07) is 1.32. The summed E-state index contributed by atoms with van der Waals surface area (Å²) in [7, 11) is -3.63. The highest BCUT2D eigenvalue weighted by atomic mass is 79.9. The maximum atomic E-state index is 12.2. The summed E-state index contributed by atoms with van der Waals surface area (Å²) in [6.45, 7) is 3.92. The van der Waals surface area contributed by atoms with Crippen molar-refractivity contribution in [2.45, 2.75) is 31.2 Å². The summed E-state index contributed by atoms with van der Waals surface area (Å²) >= 11 is 4.98. The highest BCUT2D eigenvalue weighted by molar-refractivity contribution is 9.10. The molecule has 1 rings (SSSR count). The number of nitrogen functional groups attached to an aromatic ring is 1. The molecule has 0 bridgehead atoms. The summed E-state index contributed by atoms with van der Waals surface area (Å²) in [6.07, 6.45) is 2.24. The normalized spacial score (nSPS) is 13.4. The molecular formula is C11H18BrN3O2S2. The first-order chi connectivity index (χ1) is 8.86. The summed E-state index contributed by atoms with van der Waals surface area (Å²) in [5.41, 5.74) is 5.62.